The zero-order valence-corrected chi connectivity index (χ0v) is 27.6. The summed E-state index contributed by atoms with van der Waals surface area (Å²) < 4.78 is 29.5. The molecule has 42 heavy (non-hydrogen) atoms. The van der Waals surface area contributed by atoms with Crippen LogP contribution in [0.15, 0.2) is 22.1 Å². The van der Waals surface area contributed by atoms with Gasteiger partial charge in [0.15, 0.2) is 6.23 Å². The van der Waals surface area contributed by atoms with Crippen LogP contribution < -0.4 is 80.8 Å². The van der Waals surface area contributed by atoms with E-state index in [1.807, 2.05) is 0 Å². The number of nitrogens with two attached hydrogens (primary N) is 1. The molecule has 2 saturated heterocycles. The fraction of sp³-hybridized carbons (Fsp3) is 0.700. The van der Waals surface area contributed by atoms with Gasteiger partial charge >= 0.3 is 72.4 Å². The van der Waals surface area contributed by atoms with Crippen molar-refractivity contribution in [1.29, 1.82) is 0 Å². The van der Waals surface area contributed by atoms with Crippen LogP contribution in [-0.4, -0.2) is 124 Å². The average Bonchev–Trinajstić information content (AvgIpc) is 3.15. The molecule has 226 valence electrons. The molecule has 2 fully saturated rings. The summed E-state index contributed by atoms with van der Waals surface area (Å²) in [5, 5.41) is 81.1. The van der Waals surface area contributed by atoms with Gasteiger partial charge in [-0.3, -0.25) is 14.1 Å². The molecule has 1 aromatic heterocycles. The third-order valence-corrected chi connectivity index (χ3v) is 8.33. The Bertz CT molecular complexity index is 1220. The van der Waals surface area contributed by atoms with Crippen LogP contribution in [0.1, 0.15) is 19.6 Å². The van der Waals surface area contributed by atoms with Crippen molar-refractivity contribution >= 4 is 25.3 Å². The largest absolute Gasteiger partial charge is 1.00 e. The first kappa shape index (κ1) is 39.5. The summed E-state index contributed by atoms with van der Waals surface area (Å²) in [6.45, 7) is -1.23. The molecule has 0 amide bonds. The molecule has 2 aliphatic rings. The number of carbonyl (C=O) groups is 1. The molecule has 0 aromatic carbocycles. The van der Waals surface area contributed by atoms with Gasteiger partial charge in [-0.05, 0) is 18.9 Å². The van der Waals surface area contributed by atoms with Crippen molar-refractivity contribution in [2.75, 3.05) is 18.9 Å². The molecule has 19 nitrogen and oxygen atoms in total. The van der Waals surface area contributed by atoms with E-state index in [1.54, 1.807) is 0 Å². The molecule has 9 N–H and O–H groups in total. The summed E-state index contributed by atoms with van der Waals surface area (Å²) in [6, 6.07) is -0.557. The zero-order valence-electron chi connectivity index (χ0n) is 22.7. The van der Waals surface area contributed by atoms with Gasteiger partial charge in [-0.25, -0.2) is 4.79 Å². The third kappa shape index (κ3) is 7.99. The van der Waals surface area contributed by atoms with Gasteiger partial charge in [0.2, 0.25) is 5.34 Å². The van der Waals surface area contributed by atoms with Gasteiger partial charge in [0.1, 0.15) is 48.5 Å². The van der Waals surface area contributed by atoms with E-state index in [-0.39, 0.29) is 64.9 Å². The number of hydrogen-bond donors (Lipinski definition) is 8. The van der Waals surface area contributed by atoms with Crippen molar-refractivity contribution in [2.45, 2.75) is 73.7 Å². The van der Waals surface area contributed by atoms with Crippen molar-refractivity contribution in [2.24, 2.45) is 4.99 Å². The van der Waals surface area contributed by atoms with E-state index in [1.165, 1.54) is 6.07 Å². The van der Waals surface area contributed by atoms with Crippen LogP contribution in [0.2, 0.25) is 0 Å². The maximum absolute atomic E-state index is 13.3. The van der Waals surface area contributed by atoms with Gasteiger partial charge in [0, 0.05) is 12.6 Å². The maximum Gasteiger partial charge on any atom is 1.00 e. The normalized spacial score (nSPS) is 34.4. The van der Waals surface area contributed by atoms with Gasteiger partial charge in [0.05, 0.1) is 25.3 Å². The molecule has 0 radical (unpaired) electrons. The second kappa shape index (κ2) is 15.6. The number of hydrogen-bond acceptors (Lipinski definition) is 17. The molecule has 0 bridgehead atoms. The fourth-order valence-electron chi connectivity index (χ4n) is 4.36. The van der Waals surface area contributed by atoms with E-state index in [0.717, 1.165) is 17.7 Å². The molecular formula is C20H29N4Na2O15P. The van der Waals surface area contributed by atoms with E-state index in [4.69, 9.17) is 19.7 Å². The maximum atomic E-state index is 13.3. The molecule has 1 unspecified atom stereocenters. The number of aliphatic hydroxyl groups is 6. The molecule has 3 rings (SSSR count). The van der Waals surface area contributed by atoms with Crippen molar-refractivity contribution in [3.63, 3.8) is 0 Å². The summed E-state index contributed by atoms with van der Waals surface area (Å²) in [5.74, 6) is -3.46. The number of aliphatic hydroxyl groups excluding tert-OH is 6. The number of ether oxygens (including phenoxy) is 2. The predicted molar refractivity (Wildman–Crippen MR) is 124 cm³/mol. The van der Waals surface area contributed by atoms with E-state index < -0.39 is 105 Å². The Morgan fingerprint density at radius 1 is 1.31 bits per heavy atom. The Morgan fingerprint density at radius 2 is 1.93 bits per heavy atom. The molecule has 11 atom stereocenters. The third-order valence-electron chi connectivity index (χ3n) is 6.45. The van der Waals surface area contributed by atoms with E-state index >= 15 is 0 Å². The first-order chi connectivity index (χ1) is 18.6. The van der Waals surface area contributed by atoms with E-state index in [0.29, 0.717) is 0 Å². The molecule has 2 aliphatic heterocycles. The Labute approximate surface area is 281 Å². The van der Waals surface area contributed by atoms with Gasteiger partial charge in [-0.2, -0.15) is 4.98 Å². The van der Waals surface area contributed by atoms with E-state index in [9.17, 15) is 59.9 Å². The summed E-state index contributed by atoms with van der Waals surface area (Å²) >= 11 is 0. The molecule has 22 heteroatoms. The topological polar surface area (TPSA) is 323 Å². The monoisotopic (exact) mass is 642 g/mol. The summed E-state index contributed by atoms with van der Waals surface area (Å²) in [6.07, 6.45) is -15.4. The SMILES string of the molecule is CC([O-])=N[C@H]1[C@H]([C@H](O)[C@H](O)CO)O[C@@](C(=O)[O-])(P(=O)(O)OC[C@H]2O[C@@H](n3ccc(N)nc3=O)[C@H](O)[C@@H]2O)C[C@@H]1O.[Na+].[Na+]. The molecule has 3 heterocycles. The smallest absolute Gasteiger partial charge is 0.862 e. The molecule has 0 spiro atoms. The standard InChI is InChI=1S/C20H31N4O15P.2Na/c1-7(26)22-12-8(27)4-20(18(32)33,39-16(12)13(29)9(28)5-25)40(35,36)37-6-10-14(30)15(31)17(38-10)24-3-2-11(21)23-19(24)34;;/h2-3,8-10,12-17,25,27-31H,4-6H2,1H3,(H,22,26)(H,32,33)(H,35,36)(H2,21,23,34);;/q;2*+1/p-2/t8-,9+,10+,12+,13+,14+,15+,16+,17+,20+;;/m0../s1. The van der Waals surface area contributed by atoms with Crippen LogP contribution in [0.5, 0.6) is 0 Å². The molecular weight excluding hydrogens is 613 g/mol. The Morgan fingerprint density at radius 3 is 2.45 bits per heavy atom. The number of aliphatic imine (C=N–C) groups is 1. The average molecular weight is 642 g/mol. The summed E-state index contributed by atoms with van der Waals surface area (Å²) in [5.41, 5.74) is 4.44. The molecule has 1 aromatic rings. The number of carboxylic acid groups (broad SMARTS) is 1. The minimum absolute atomic E-state index is 0. The zero-order chi connectivity index (χ0) is 30.2. The number of nitrogen functional groups attached to an aromatic ring is 1. The van der Waals surface area contributed by atoms with Crippen LogP contribution in [0.25, 0.3) is 0 Å². The number of rotatable bonds is 10. The number of nitrogens with zero attached hydrogens (tertiary/aromatic N) is 3. The number of aromatic nitrogens is 2. The predicted octanol–water partition coefficient (Wildman–Crippen LogP) is -12.9. The summed E-state index contributed by atoms with van der Waals surface area (Å²) in [7, 11) is -5.67. The van der Waals surface area contributed by atoms with Crippen molar-refractivity contribution < 1.29 is 128 Å². The van der Waals surface area contributed by atoms with Crippen molar-refractivity contribution in [3.8, 4) is 0 Å². The Balaban J connectivity index is 0.00000441. The van der Waals surface area contributed by atoms with Crippen molar-refractivity contribution in [3.05, 3.63) is 22.7 Å². The minimum atomic E-state index is -5.67. The van der Waals surface area contributed by atoms with Gasteiger partial charge in [-0.1, -0.05) is 0 Å². The number of aliphatic carboxylic acids is 1. The Kier molecular flexibility index (Phi) is 14.7. The minimum Gasteiger partial charge on any atom is -0.862 e. The summed E-state index contributed by atoms with van der Waals surface area (Å²) in [4.78, 5) is 42.0. The van der Waals surface area contributed by atoms with Gasteiger partial charge < -0.3 is 70.3 Å². The van der Waals surface area contributed by atoms with Gasteiger partial charge in [-0.15, -0.1) is 0 Å². The number of carboxylic acids is 1. The van der Waals surface area contributed by atoms with Crippen LogP contribution in [0.3, 0.4) is 0 Å². The van der Waals surface area contributed by atoms with Crippen LogP contribution in [0, 0.1) is 0 Å². The number of carbonyl (C=O) groups excluding carboxylic acids is 1. The number of anilines is 1. The Hall–Kier alpha value is -0.550. The van der Waals surface area contributed by atoms with Crippen LogP contribution >= 0.6 is 7.60 Å². The first-order valence-corrected chi connectivity index (χ1v) is 13.2. The molecule has 0 saturated carbocycles. The van der Waals surface area contributed by atoms with E-state index in [2.05, 4.69) is 9.98 Å². The first-order valence-electron chi connectivity index (χ1n) is 11.7. The second-order valence-electron chi connectivity index (χ2n) is 9.21. The fourth-order valence-corrected chi connectivity index (χ4v) is 5.82. The van der Waals surface area contributed by atoms with Crippen LogP contribution in [0.4, 0.5) is 5.82 Å². The van der Waals surface area contributed by atoms with Crippen molar-refractivity contribution in [1.82, 2.24) is 9.55 Å². The molecule has 0 aliphatic carbocycles. The second-order valence-corrected chi connectivity index (χ2v) is 11.2. The van der Waals surface area contributed by atoms with Gasteiger partial charge in [0.25, 0.3) is 0 Å². The van der Waals surface area contributed by atoms with Crippen LogP contribution in [-0.2, 0) is 23.4 Å². The quantitative estimate of drug-likeness (QED) is 0.0508.